The zero-order valence-electron chi connectivity index (χ0n) is 9.34. The van der Waals surface area contributed by atoms with Crippen LogP contribution >= 0.6 is 23.4 Å². The molecule has 0 fully saturated rings. The molecule has 1 heterocycles. The number of rotatable bonds is 4. The number of aromatic carboxylic acids is 1. The minimum atomic E-state index is -0.968. The third-order valence-corrected chi connectivity index (χ3v) is 3.84. The van der Waals surface area contributed by atoms with E-state index in [0.29, 0.717) is 15.7 Å². The number of carboxylic acids is 1. The number of carboxylic acid groups (broad SMARTS) is 1. The summed E-state index contributed by atoms with van der Waals surface area (Å²) >= 11 is 7.49. The number of hydrogen-bond acceptors (Lipinski definition) is 3. The summed E-state index contributed by atoms with van der Waals surface area (Å²) in [6.45, 7) is 0. The third kappa shape index (κ3) is 3.03. The molecule has 5 heteroatoms. The molecule has 0 bridgehead atoms. The van der Waals surface area contributed by atoms with E-state index in [1.54, 1.807) is 12.3 Å². The number of aromatic nitrogens is 1. The Bertz CT molecular complexity index is 574. The van der Waals surface area contributed by atoms with Crippen LogP contribution in [-0.2, 0) is 5.75 Å². The highest BCUT2D eigenvalue weighted by atomic mass is 35.5. The molecular formula is C13H10ClNO2S. The third-order valence-electron chi connectivity index (χ3n) is 2.35. The quantitative estimate of drug-likeness (QED) is 0.867. The van der Waals surface area contributed by atoms with Crippen LogP contribution < -0.4 is 0 Å². The Morgan fingerprint density at radius 2 is 2.11 bits per heavy atom. The van der Waals surface area contributed by atoms with Crippen molar-refractivity contribution in [2.24, 2.45) is 0 Å². The van der Waals surface area contributed by atoms with Crippen LogP contribution in [-0.4, -0.2) is 16.1 Å². The smallest absolute Gasteiger partial charge is 0.338 e. The van der Waals surface area contributed by atoms with Crippen molar-refractivity contribution in [3.8, 4) is 0 Å². The van der Waals surface area contributed by atoms with Crippen LogP contribution in [0.3, 0.4) is 0 Å². The molecule has 0 aliphatic carbocycles. The Labute approximate surface area is 114 Å². The molecule has 0 amide bonds. The van der Waals surface area contributed by atoms with Gasteiger partial charge in [-0.3, -0.25) is 4.98 Å². The highest BCUT2D eigenvalue weighted by Gasteiger charge is 2.10. The maximum absolute atomic E-state index is 11.0. The number of benzene rings is 1. The van der Waals surface area contributed by atoms with Crippen molar-refractivity contribution >= 4 is 29.3 Å². The second kappa shape index (κ2) is 5.89. The molecule has 0 saturated carbocycles. The molecule has 1 N–H and O–H groups in total. The fourth-order valence-corrected chi connectivity index (χ4v) is 2.74. The normalized spacial score (nSPS) is 10.3. The van der Waals surface area contributed by atoms with Crippen molar-refractivity contribution < 1.29 is 9.90 Å². The summed E-state index contributed by atoms with van der Waals surface area (Å²) < 4.78 is 0. The zero-order valence-corrected chi connectivity index (χ0v) is 10.9. The van der Waals surface area contributed by atoms with Gasteiger partial charge in [-0.25, -0.2) is 4.79 Å². The SMILES string of the molecule is O=C(O)c1cnccc1SCc1ccccc1Cl. The predicted molar refractivity (Wildman–Crippen MR) is 72.2 cm³/mol. The van der Waals surface area contributed by atoms with Gasteiger partial charge in [0.15, 0.2) is 0 Å². The molecule has 1 aromatic heterocycles. The summed E-state index contributed by atoms with van der Waals surface area (Å²) in [5.41, 5.74) is 1.20. The topological polar surface area (TPSA) is 50.2 Å². The Kier molecular flexibility index (Phi) is 4.23. The molecule has 3 nitrogen and oxygen atoms in total. The summed E-state index contributed by atoms with van der Waals surface area (Å²) in [6.07, 6.45) is 2.94. The number of thioether (sulfide) groups is 1. The highest BCUT2D eigenvalue weighted by molar-refractivity contribution is 7.98. The second-order valence-corrected chi connectivity index (χ2v) is 4.98. The lowest BCUT2D eigenvalue weighted by molar-refractivity contribution is 0.0692. The Balaban J connectivity index is 2.16. The van der Waals surface area contributed by atoms with Gasteiger partial charge >= 0.3 is 5.97 Å². The van der Waals surface area contributed by atoms with Crippen molar-refractivity contribution in [2.75, 3.05) is 0 Å². The molecule has 1 aromatic carbocycles. The molecule has 92 valence electrons. The second-order valence-electron chi connectivity index (χ2n) is 3.56. The van der Waals surface area contributed by atoms with Crippen molar-refractivity contribution in [2.45, 2.75) is 10.6 Å². The molecule has 0 unspecified atom stereocenters. The summed E-state index contributed by atoms with van der Waals surface area (Å²) in [4.78, 5) is 15.5. The van der Waals surface area contributed by atoms with Gasteiger partial charge in [0, 0.05) is 28.1 Å². The maximum Gasteiger partial charge on any atom is 0.338 e. The first-order chi connectivity index (χ1) is 8.68. The van der Waals surface area contributed by atoms with Crippen molar-refractivity contribution in [3.05, 3.63) is 58.9 Å². The summed E-state index contributed by atoms with van der Waals surface area (Å²) in [5, 5.41) is 9.73. The van der Waals surface area contributed by atoms with Crippen molar-refractivity contribution in [1.29, 1.82) is 0 Å². The Hall–Kier alpha value is -1.52. The molecule has 18 heavy (non-hydrogen) atoms. The number of nitrogens with zero attached hydrogens (tertiary/aromatic N) is 1. The van der Waals surface area contributed by atoms with E-state index < -0.39 is 5.97 Å². The van der Waals surface area contributed by atoms with Gasteiger partial charge in [-0.05, 0) is 17.7 Å². The Morgan fingerprint density at radius 1 is 1.33 bits per heavy atom. The average molecular weight is 280 g/mol. The van der Waals surface area contributed by atoms with E-state index in [9.17, 15) is 4.79 Å². The number of carbonyl (C=O) groups is 1. The van der Waals surface area contributed by atoms with E-state index in [-0.39, 0.29) is 5.56 Å². The number of pyridine rings is 1. The van der Waals surface area contributed by atoms with Gasteiger partial charge in [0.05, 0.1) is 5.56 Å². The average Bonchev–Trinajstić information content (AvgIpc) is 2.38. The zero-order chi connectivity index (χ0) is 13.0. The first-order valence-electron chi connectivity index (χ1n) is 5.22. The summed E-state index contributed by atoms with van der Waals surface area (Å²) in [5.74, 6) is -0.339. The van der Waals surface area contributed by atoms with Gasteiger partial charge in [0.25, 0.3) is 0 Å². The Morgan fingerprint density at radius 3 is 2.83 bits per heavy atom. The largest absolute Gasteiger partial charge is 0.478 e. The van der Waals surface area contributed by atoms with Gasteiger partial charge in [-0.2, -0.15) is 0 Å². The molecule has 0 radical (unpaired) electrons. The van der Waals surface area contributed by atoms with Gasteiger partial charge in [0.1, 0.15) is 0 Å². The molecule has 0 atom stereocenters. The van der Waals surface area contributed by atoms with Crippen LogP contribution in [0.2, 0.25) is 5.02 Å². The molecule has 0 saturated heterocycles. The standard InChI is InChI=1S/C13H10ClNO2S/c14-11-4-2-1-3-9(11)8-18-12-5-6-15-7-10(12)13(16)17/h1-7H,8H2,(H,16,17). The van der Waals surface area contributed by atoms with Gasteiger partial charge in [0.2, 0.25) is 0 Å². The van der Waals surface area contributed by atoms with Crippen LogP contribution in [0.25, 0.3) is 0 Å². The van der Waals surface area contributed by atoms with Crippen molar-refractivity contribution in [3.63, 3.8) is 0 Å². The predicted octanol–water partition coefficient (Wildman–Crippen LogP) is 3.73. The first-order valence-corrected chi connectivity index (χ1v) is 6.58. The molecule has 0 aliphatic heterocycles. The lowest BCUT2D eigenvalue weighted by Crippen LogP contribution is -1.99. The lowest BCUT2D eigenvalue weighted by atomic mass is 10.2. The number of halogens is 1. The molecule has 0 spiro atoms. The summed E-state index contributed by atoms with van der Waals surface area (Å²) in [7, 11) is 0. The molecule has 2 rings (SSSR count). The number of hydrogen-bond donors (Lipinski definition) is 1. The fraction of sp³-hybridized carbons (Fsp3) is 0.0769. The van der Waals surface area contributed by atoms with Crippen LogP contribution in [0.15, 0.2) is 47.6 Å². The van der Waals surface area contributed by atoms with E-state index in [0.717, 1.165) is 5.56 Å². The van der Waals surface area contributed by atoms with Crippen LogP contribution in [0, 0.1) is 0 Å². The minimum absolute atomic E-state index is 0.217. The van der Waals surface area contributed by atoms with E-state index in [2.05, 4.69) is 4.98 Å². The van der Waals surface area contributed by atoms with E-state index in [1.165, 1.54) is 18.0 Å². The van der Waals surface area contributed by atoms with Gasteiger partial charge < -0.3 is 5.11 Å². The van der Waals surface area contributed by atoms with Crippen LogP contribution in [0.4, 0.5) is 0 Å². The summed E-state index contributed by atoms with van der Waals surface area (Å²) in [6, 6.07) is 9.22. The van der Waals surface area contributed by atoms with E-state index in [4.69, 9.17) is 16.7 Å². The molecule has 2 aromatic rings. The van der Waals surface area contributed by atoms with Gasteiger partial charge in [-0.1, -0.05) is 29.8 Å². The van der Waals surface area contributed by atoms with E-state index in [1.807, 2.05) is 24.3 Å². The maximum atomic E-state index is 11.0. The lowest BCUT2D eigenvalue weighted by Gasteiger charge is -2.06. The highest BCUT2D eigenvalue weighted by Crippen LogP contribution is 2.28. The van der Waals surface area contributed by atoms with Gasteiger partial charge in [-0.15, -0.1) is 11.8 Å². The molecular weight excluding hydrogens is 270 g/mol. The van der Waals surface area contributed by atoms with Crippen molar-refractivity contribution in [1.82, 2.24) is 4.98 Å². The fourth-order valence-electron chi connectivity index (χ4n) is 1.44. The minimum Gasteiger partial charge on any atom is -0.478 e. The first kappa shape index (κ1) is 12.9. The van der Waals surface area contributed by atoms with Crippen LogP contribution in [0.5, 0.6) is 0 Å². The van der Waals surface area contributed by atoms with Crippen LogP contribution in [0.1, 0.15) is 15.9 Å². The molecule has 0 aliphatic rings. The van der Waals surface area contributed by atoms with E-state index >= 15 is 0 Å². The monoisotopic (exact) mass is 279 g/mol.